The molecule has 56 valence electrons. The molecule has 1 rings (SSSR count). The summed E-state index contributed by atoms with van der Waals surface area (Å²) < 4.78 is 0. The second-order valence-electron chi connectivity index (χ2n) is 1.91. The summed E-state index contributed by atoms with van der Waals surface area (Å²) in [5, 5.41) is 8.36. The number of nitrogens with two attached hydrogens (primary N) is 1. The van der Waals surface area contributed by atoms with Crippen molar-refractivity contribution in [2.24, 2.45) is 0 Å². The van der Waals surface area contributed by atoms with Crippen molar-refractivity contribution in [3.05, 3.63) is 23.9 Å². The van der Waals surface area contributed by atoms with E-state index in [-0.39, 0.29) is 6.61 Å². The molecule has 0 fully saturated rings. The Balaban J connectivity index is 2.87. The van der Waals surface area contributed by atoms with Crippen molar-refractivity contribution in [1.29, 1.82) is 0 Å². The second-order valence-corrected chi connectivity index (χ2v) is 1.91. The zero-order chi connectivity index (χ0) is 8.10. The van der Waals surface area contributed by atoms with Gasteiger partial charge in [-0.05, 0) is 18.1 Å². The Kier molecular flexibility index (Phi) is 2.47. The second kappa shape index (κ2) is 3.59. The molecule has 3 N–H and O–H groups in total. The molecule has 0 saturated heterocycles. The number of rotatable bonds is 0. The van der Waals surface area contributed by atoms with Crippen LogP contribution < -0.4 is 5.73 Å². The minimum Gasteiger partial charge on any atom is -0.384 e. The lowest BCUT2D eigenvalue weighted by Gasteiger charge is -1.90. The number of anilines is 1. The number of aromatic nitrogens is 1. The van der Waals surface area contributed by atoms with Gasteiger partial charge in [0.15, 0.2) is 0 Å². The van der Waals surface area contributed by atoms with Crippen molar-refractivity contribution in [3.8, 4) is 11.8 Å². The first-order chi connectivity index (χ1) is 5.33. The summed E-state index contributed by atoms with van der Waals surface area (Å²) in [7, 11) is 0. The van der Waals surface area contributed by atoms with Crippen LogP contribution in [0.15, 0.2) is 18.2 Å². The first kappa shape index (κ1) is 7.58. The molecule has 0 aromatic carbocycles. The zero-order valence-electron chi connectivity index (χ0n) is 5.91. The van der Waals surface area contributed by atoms with Gasteiger partial charge in [0.25, 0.3) is 0 Å². The fourth-order valence-electron chi connectivity index (χ4n) is 0.651. The van der Waals surface area contributed by atoms with Gasteiger partial charge < -0.3 is 10.8 Å². The molecule has 11 heavy (non-hydrogen) atoms. The van der Waals surface area contributed by atoms with E-state index < -0.39 is 0 Å². The molecular weight excluding hydrogens is 140 g/mol. The van der Waals surface area contributed by atoms with Gasteiger partial charge in [-0.25, -0.2) is 4.98 Å². The highest BCUT2D eigenvalue weighted by molar-refractivity contribution is 5.36. The minimum atomic E-state index is -0.156. The number of aliphatic hydroxyl groups is 1. The number of hydrogen-bond donors (Lipinski definition) is 2. The van der Waals surface area contributed by atoms with Crippen LogP contribution in [0.1, 0.15) is 5.69 Å². The molecule has 1 aromatic heterocycles. The van der Waals surface area contributed by atoms with Crippen LogP contribution in [0, 0.1) is 11.8 Å². The quantitative estimate of drug-likeness (QED) is 0.509. The van der Waals surface area contributed by atoms with Gasteiger partial charge in [-0.3, -0.25) is 0 Å². The highest BCUT2D eigenvalue weighted by Crippen LogP contribution is 1.97. The number of nitrogen functional groups attached to an aromatic ring is 1. The van der Waals surface area contributed by atoms with Gasteiger partial charge in [0, 0.05) is 0 Å². The molecule has 0 unspecified atom stereocenters. The fraction of sp³-hybridized carbons (Fsp3) is 0.125. The first-order valence-corrected chi connectivity index (χ1v) is 3.15. The molecule has 0 aliphatic carbocycles. The maximum atomic E-state index is 8.36. The van der Waals surface area contributed by atoms with Crippen molar-refractivity contribution in [2.75, 3.05) is 12.3 Å². The molecule has 1 heterocycles. The fourth-order valence-corrected chi connectivity index (χ4v) is 0.651. The lowest BCUT2D eigenvalue weighted by Crippen LogP contribution is -1.91. The number of hydrogen-bond acceptors (Lipinski definition) is 3. The predicted molar refractivity (Wildman–Crippen MR) is 42.6 cm³/mol. The molecule has 0 amide bonds. The molecule has 0 spiro atoms. The van der Waals surface area contributed by atoms with Gasteiger partial charge in [-0.15, -0.1) is 0 Å². The monoisotopic (exact) mass is 148 g/mol. The summed E-state index contributed by atoms with van der Waals surface area (Å²) in [5.74, 6) is 5.56. The van der Waals surface area contributed by atoms with Gasteiger partial charge in [0.05, 0.1) is 0 Å². The molecule has 0 saturated carbocycles. The predicted octanol–water partition coefficient (Wildman–Crippen LogP) is 0.00760. The summed E-state index contributed by atoms with van der Waals surface area (Å²) in [6, 6.07) is 5.19. The van der Waals surface area contributed by atoms with Gasteiger partial charge in [0.2, 0.25) is 0 Å². The minimum absolute atomic E-state index is 0.156. The molecule has 3 heteroatoms. The molecule has 1 aromatic rings. The Hall–Kier alpha value is -1.53. The van der Waals surface area contributed by atoms with Crippen molar-refractivity contribution in [3.63, 3.8) is 0 Å². The molecule has 0 bridgehead atoms. The van der Waals surface area contributed by atoms with Crippen molar-refractivity contribution in [1.82, 2.24) is 4.98 Å². The van der Waals surface area contributed by atoms with Crippen LogP contribution in [-0.4, -0.2) is 16.7 Å². The van der Waals surface area contributed by atoms with Crippen LogP contribution in [0.2, 0.25) is 0 Å². The van der Waals surface area contributed by atoms with Gasteiger partial charge in [0.1, 0.15) is 18.1 Å². The van der Waals surface area contributed by atoms with Crippen LogP contribution in [0.3, 0.4) is 0 Å². The van der Waals surface area contributed by atoms with E-state index in [0.29, 0.717) is 11.5 Å². The highest BCUT2D eigenvalue weighted by Gasteiger charge is 1.87. The lowest BCUT2D eigenvalue weighted by atomic mass is 10.3. The van der Waals surface area contributed by atoms with Crippen molar-refractivity contribution >= 4 is 5.82 Å². The van der Waals surface area contributed by atoms with E-state index in [0.717, 1.165) is 0 Å². The normalized spacial score (nSPS) is 8.45. The largest absolute Gasteiger partial charge is 0.384 e. The Morgan fingerprint density at radius 3 is 3.00 bits per heavy atom. The number of nitrogens with zero attached hydrogens (tertiary/aromatic N) is 1. The smallest absolute Gasteiger partial charge is 0.124 e. The summed E-state index contributed by atoms with van der Waals surface area (Å²) in [6.07, 6.45) is 0. The van der Waals surface area contributed by atoms with Gasteiger partial charge in [-0.1, -0.05) is 12.0 Å². The van der Waals surface area contributed by atoms with Crippen LogP contribution in [0.4, 0.5) is 5.82 Å². The maximum absolute atomic E-state index is 8.36. The van der Waals surface area contributed by atoms with Crippen LogP contribution in [0.25, 0.3) is 0 Å². The standard InChI is InChI=1S/C8H8N2O/c9-8-5-1-3-7(10-8)4-2-6-11/h1,3,5,11H,6H2,(H2,9,10). The third-order valence-corrected chi connectivity index (χ3v) is 1.07. The average Bonchev–Trinajstić information content (AvgIpc) is 2.01. The van der Waals surface area contributed by atoms with Crippen molar-refractivity contribution < 1.29 is 5.11 Å². The topological polar surface area (TPSA) is 59.1 Å². The Labute approximate surface area is 64.9 Å². The van der Waals surface area contributed by atoms with E-state index in [1.54, 1.807) is 18.2 Å². The van der Waals surface area contributed by atoms with Crippen LogP contribution in [-0.2, 0) is 0 Å². The Bertz CT molecular complexity index is 298. The third-order valence-electron chi connectivity index (χ3n) is 1.07. The highest BCUT2D eigenvalue weighted by atomic mass is 16.2. The maximum Gasteiger partial charge on any atom is 0.124 e. The van der Waals surface area contributed by atoms with Crippen molar-refractivity contribution in [2.45, 2.75) is 0 Å². The van der Waals surface area contributed by atoms with E-state index in [9.17, 15) is 0 Å². The van der Waals surface area contributed by atoms with Crippen LogP contribution in [0.5, 0.6) is 0 Å². The van der Waals surface area contributed by atoms with E-state index in [2.05, 4.69) is 16.8 Å². The molecule has 0 radical (unpaired) electrons. The SMILES string of the molecule is Nc1cccc(C#CCO)n1. The molecule has 0 atom stereocenters. The summed E-state index contributed by atoms with van der Waals surface area (Å²) in [5.41, 5.74) is 5.97. The molecular formula is C8H8N2O. The van der Waals surface area contributed by atoms with E-state index >= 15 is 0 Å². The number of aliphatic hydroxyl groups excluding tert-OH is 1. The Morgan fingerprint density at radius 1 is 1.55 bits per heavy atom. The van der Waals surface area contributed by atoms with Gasteiger partial charge in [-0.2, -0.15) is 0 Å². The summed E-state index contributed by atoms with van der Waals surface area (Å²) in [4.78, 5) is 3.90. The van der Waals surface area contributed by atoms with E-state index in [4.69, 9.17) is 10.8 Å². The van der Waals surface area contributed by atoms with E-state index in [1.165, 1.54) is 0 Å². The van der Waals surface area contributed by atoms with Gasteiger partial charge >= 0.3 is 0 Å². The number of pyridine rings is 1. The van der Waals surface area contributed by atoms with E-state index in [1.807, 2.05) is 0 Å². The zero-order valence-corrected chi connectivity index (χ0v) is 5.91. The summed E-state index contributed by atoms with van der Waals surface area (Å²) >= 11 is 0. The Morgan fingerprint density at radius 2 is 2.36 bits per heavy atom. The molecule has 0 aliphatic heterocycles. The summed E-state index contributed by atoms with van der Waals surface area (Å²) in [6.45, 7) is -0.156. The average molecular weight is 148 g/mol. The molecule has 0 aliphatic rings. The molecule has 3 nitrogen and oxygen atoms in total. The van der Waals surface area contributed by atoms with Crippen LogP contribution >= 0.6 is 0 Å². The first-order valence-electron chi connectivity index (χ1n) is 3.15. The third kappa shape index (κ3) is 2.28. The lowest BCUT2D eigenvalue weighted by molar-refractivity contribution is 0.350.